The predicted molar refractivity (Wildman–Crippen MR) is 65.4 cm³/mol. The minimum atomic E-state index is -4.13. The molecule has 0 saturated carbocycles. The van der Waals surface area contributed by atoms with E-state index in [0.29, 0.717) is 0 Å². The highest BCUT2D eigenvalue weighted by Gasteiger charge is 2.34. The maximum absolute atomic E-state index is 13.6. The van der Waals surface area contributed by atoms with Crippen LogP contribution in [0.15, 0.2) is 24.3 Å². The van der Waals surface area contributed by atoms with Gasteiger partial charge in [-0.25, -0.2) is 12.8 Å². The number of halogens is 1. The molecular formula is C11H14FNO4S. The maximum Gasteiger partial charge on any atom is 0.323 e. The van der Waals surface area contributed by atoms with Crippen molar-refractivity contribution in [3.63, 3.8) is 0 Å². The Morgan fingerprint density at radius 1 is 1.44 bits per heavy atom. The first kappa shape index (κ1) is 14.4. The largest absolute Gasteiger partial charge is 0.480 e. The fourth-order valence-corrected chi connectivity index (χ4v) is 2.88. The molecule has 100 valence electrons. The van der Waals surface area contributed by atoms with Gasteiger partial charge in [0.15, 0.2) is 5.25 Å². The standard InChI is InChI=1S/C11H14FNO4S/c1-3-13(10-7-5-4-6-9(10)12)18(16,17)8(2)11(14)15/h4-8H,3H2,1-2H3,(H,14,15). The second-order valence-corrected chi connectivity index (χ2v) is 5.82. The van der Waals surface area contributed by atoms with E-state index in [1.165, 1.54) is 25.1 Å². The summed E-state index contributed by atoms with van der Waals surface area (Å²) in [6.45, 7) is 2.53. The minimum absolute atomic E-state index is 0.0408. The van der Waals surface area contributed by atoms with Crippen LogP contribution in [0.5, 0.6) is 0 Å². The van der Waals surface area contributed by atoms with Crippen molar-refractivity contribution in [1.82, 2.24) is 0 Å². The summed E-state index contributed by atoms with van der Waals surface area (Å²) in [7, 11) is -4.13. The van der Waals surface area contributed by atoms with Gasteiger partial charge in [-0.1, -0.05) is 12.1 Å². The van der Waals surface area contributed by atoms with E-state index in [4.69, 9.17) is 5.11 Å². The number of aliphatic carboxylic acids is 1. The molecule has 0 spiro atoms. The molecule has 0 aliphatic carbocycles. The molecular weight excluding hydrogens is 261 g/mol. The van der Waals surface area contributed by atoms with E-state index in [9.17, 15) is 17.6 Å². The molecule has 0 aliphatic rings. The third kappa shape index (κ3) is 2.61. The molecule has 1 atom stereocenters. The second-order valence-electron chi connectivity index (χ2n) is 3.64. The van der Waals surface area contributed by atoms with Crippen molar-refractivity contribution in [2.24, 2.45) is 0 Å². The number of hydrogen-bond acceptors (Lipinski definition) is 3. The minimum Gasteiger partial charge on any atom is -0.480 e. The monoisotopic (exact) mass is 275 g/mol. The lowest BCUT2D eigenvalue weighted by atomic mass is 10.3. The van der Waals surface area contributed by atoms with Gasteiger partial charge in [0.1, 0.15) is 5.82 Å². The summed E-state index contributed by atoms with van der Waals surface area (Å²) in [4.78, 5) is 10.8. The summed E-state index contributed by atoms with van der Waals surface area (Å²) in [6.07, 6.45) is 0. The van der Waals surface area contributed by atoms with Gasteiger partial charge in [-0.2, -0.15) is 0 Å². The van der Waals surface area contributed by atoms with Gasteiger partial charge in [0.2, 0.25) is 10.0 Å². The number of para-hydroxylation sites is 1. The third-order valence-electron chi connectivity index (χ3n) is 2.51. The highest BCUT2D eigenvalue weighted by atomic mass is 32.2. The number of carboxylic acids is 1. The van der Waals surface area contributed by atoms with Crippen LogP contribution >= 0.6 is 0 Å². The van der Waals surface area contributed by atoms with Crippen molar-refractivity contribution in [3.05, 3.63) is 30.1 Å². The van der Waals surface area contributed by atoms with E-state index < -0.39 is 27.1 Å². The Morgan fingerprint density at radius 3 is 2.44 bits per heavy atom. The molecule has 1 aromatic rings. The van der Waals surface area contributed by atoms with Crippen LogP contribution in [-0.4, -0.2) is 31.3 Å². The van der Waals surface area contributed by atoms with Gasteiger partial charge < -0.3 is 5.11 Å². The third-order valence-corrected chi connectivity index (χ3v) is 4.67. The molecule has 5 nitrogen and oxygen atoms in total. The fourth-order valence-electron chi connectivity index (χ4n) is 1.46. The first-order chi connectivity index (χ1) is 8.32. The molecule has 0 radical (unpaired) electrons. The lowest BCUT2D eigenvalue weighted by molar-refractivity contribution is -0.136. The topological polar surface area (TPSA) is 74.7 Å². The number of carboxylic acid groups (broad SMARTS) is 1. The first-order valence-corrected chi connectivity index (χ1v) is 6.81. The summed E-state index contributed by atoms with van der Waals surface area (Å²) in [5.74, 6) is -2.18. The number of benzene rings is 1. The molecule has 1 rings (SSSR count). The average Bonchev–Trinajstić information content (AvgIpc) is 2.31. The van der Waals surface area contributed by atoms with Gasteiger partial charge in [0.25, 0.3) is 0 Å². The Balaban J connectivity index is 3.28. The Hall–Kier alpha value is -1.63. The zero-order chi connectivity index (χ0) is 13.9. The number of anilines is 1. The summed E-state index contributed by atoms with van der Waals surface area (Å²) in [5.41, 5.74) is -0.145. The van der Waals surface area contributed by atoms with Gasteiger partial charge in [-0.05, 0) is 26.0 Å². The quantitative estimate of drug-likeness (QED) is 0.882. The molecule has 0 fully saturated rings. The van der Waals surface area contributed by atoms with Gasteiger partial charge in [-0.15, -0.1) is 0 Å². The van der Waals surface area contributed by atoms with E-state index in [-0.39, 0.29) is 12.2 Å². The van der Waals surface area contributed by atoms with Crippen LogP contribution in [0, 0.1) is 5.82 Å². The lowest BCUT2D eigenvalue weighted by Crippen LogP contribution is -2.41. The van der Waals surface area contributed by atoms with Crippen LogP contribution in [0.4, 0.5) is 10.1 Å². The lowest BCUT2D eigenvalue weighted by Gasteiger charge is -2.25. The normalized spacial score (nSPS) is 13.1. The maximum atomic E-state index is 13.6. The summed E-state index contributed by atoms with van der Waals surface area (Å²) in [6, 6.07) is 5.34. The van der Waals surface area contributed by atoms with E-state index >= 15 is 0 Å². The number of nitrogens with zero attached hydrogens (tertiary/aromatic N) is 1. The summed E-state index contributed by atoms with van der Waals surface area (Å²) < 4.78 is 38.4. The fraction of sp³-hybridized carbons (Fsp3) is 0.364. The molecule has 0 amide bonds. The zero-order valence-corrected chi connectivity index (χ0v) is 10.8. The predicted octanol–water partition coefficient (Wildman–Crippen LogP) is 1.45. The molecule has 0 aromatic heterocycles. The molecule has 0 heterocycles. The molecule has 1 unspecified atom stereocenters. The van der Waals surface area contributed by atoms with Gasteiger partial charge in [-0.3, -0.25) is 9.10 Å². The number of hydrogen-bond donors (Lipinski definition) is 1. The van der Waals surface area contributed by atoms with Crippen LogP contribution in [0.1, 0.15) is 13.8 Å². The van der Waals surface area contributed by atoms with Crippen molar-refractivity contribution in [3.8, 4) is 0 Å². The average molecular weight is 275 g/mol. The van der Waals surface area contributed by atoms with Crippen molar-refractivity contribution in [1.29, 1.82) is 0 Å². The SMILES string of the molecule is CCN(c1ccccc1F)S(=O)(=O)C(C)C(=O)O. The van der Waals surface area contributed by atoms with Gasteiger partial charge >= 0.3 is 5.97 Å². The van der Waals surface area contributed by atoms with Gasteiger partial charge in [0.05, 0.1) is 5.69 Å². The Labute approximate surface area is 105 Å². The number of rotatable bonds is 5. The molecule has 18 heavy (non-hydrogen) atoms. The number of sulfonamides is 1. The van der Waals surface area contributed by atoms with Crippen molar-refractivity contribution in [2.75, 3.05) is 10.8 Å². The summed E-state index contributed by atoms with van der Waals surface area (Å²) in [5, 5.41) is 7.15. The Morgan fingerprint density at radius 2 is 2.00 bits per heavy atom. The smallest absolute Gasteiger partial charge is 0.323 e. The molecule has 0 bridgehead atoms. The Kier molecular flexibility index (Phi) is 4.28. The zero-order valence-electron chi connectivity index (χ0n) is 10.00. The first-order valence-electron chi connectivity index (χ1n) is 5.31. The molecule has 1 aromatic carbocycles. The van der Waals surface area contributed by atoms with Crippen LogP contribution in [-0.2, 0) is 14.8 Å². The highest BCUT2D eigenvalue weighted by Crippen LogP contribution is 2.23. The van der Waals surface area contributed by atoms with E-state index in [0.717, 1.165) is 17.3 Å². The van der Waals surface area contributed by atoms with Crippen molar-refractivity contribution >= 4 is 21.7 Å². The molecule has 1 N–H and O–H groups in total. The highest BCUT2D eigenvalue weighted by molar-refractivity contribution is 7.94. The van der Waals surface area contributed by atoms with Crippen molar-refractivity contribution in [2.45, 2.75) is 19.1 Å². The number of carbonyl (C=O) groups is 1. The van der Waals surface area contributed by atoms with E-state index in [1.807, 2.05) is 0 Å². The molecule has 0 saturated heterocycles. The van der Waals surface area contributed by atoms with E-state index in [1.54, 1.807) is 0 Å². The van der Waals surface area contributed by atoms with Crippen molar-refractivity contribution < 1.29 is 22.7 Å². The van der Waals surface area contributed by atoms with Gasteiger partial charge in [0, 0.05) is 6.54 Å². The van der Waals surface area contributed by atoms with Crippen LogP contribution in [0.2, 0.25) is 0 Å². The van der Waals surface area contributed by atoms with Crippen LogP contribution in [0.25, 0.3) is 0 Å². The molecule has 7 heteroatoms. The van der Waals surface area contributed by atoms with E-state index in [2.05, 4.69) is 0 Å². The summed E-state index contributed by atoms with van der Waals surface area (Å²) >= 11 is 0. The van der Waals surface area contributed by atoms with Crippen LogP contribution in [0.3, 0.4) is 0 Å². The van der Waals surface area contributed by atoms with Crippen LogP contribution < -0.4 is 4.31 Å². The second kappa shape index (κ2) is 5.34. The Bertz CT molecular complexity index is 544. The molecule has 0 aliphatic heterocycles.